The molecule has 0 unspecified atom stereocenters. The van der Waals surface area contributed by atoms with E-state index in [0.29, 0.717) is 17.5 Å². The van der Waals surface area contributed by atoms with Crippen molar-refractivity contribution in [2.75, 3.05) is 0 Å². The van der Waals surface area contributed by atoms with E-state index in [-0.39, 0.29) is 5.41 Å². The summed E-state index contributed by atoms with van der Waals surface area (Å²) in [5.74, 6) is 1.92. The van der Waals surface area contributed by atoms with Crippen molar-refractivity contribution in [3.8, 4) is 73.2 Å². The topological polar surface area (TPSA) is 56.5 Å². The van der Waals surface area contributed by atoms with Crippen LogP contribution < -0.4 is 0 Å². The number of hydrogen-bond acceptors (Lipinski definition) is 4. The summed E-state index contributed by atoms with van der Waals surface area (Å²) in [6, 6.07) is 64.0. The summed E-state index contributed by atoms with van der Waals surface area (Å²) in [6.07, 6.45) is 1.88. The molecule has 0 aliphatic heterocycles. The Kier molecular flexibility index (Phi) is 7.76. The molecule has 0 radical (unpaired) electrons. The first-order valence-corrected chi connectivity index (χ1v) is 19.7. The van der Waals surface area contributed by atoms with E-state index < -0.39 is 0 Å². The van der Waals surface area contributed by atoms with Gasteiger partial charge in [0.2, 0.25) is 0 Å². The minimum atomic E-state index is -0.364. The third-order valence-corrected chi connectivity index (χ3v) is 11.7. The van der Waals surface area contributed by atoms with Gasteiger partial charge in [0, 0.05) is 44.8 Å². The molecule has 0 saturated carbocycles. The van der Waals surface area contributed by atoms with Gasteiger partial charge in [0.15, 0.2) is 17.5 Å². The molecule has 0 saturated heterocycles. The van der Waals surface area contributed by atoms with Gasteiger partial charge in [0.25, 0.3) is 0 Å². The predicted octanol–water partition coefficient (Wildman–Crippen LogP) is 13.0. The first kappa shape index (κ1) is 33.8. The van der Waals surface area contributed by atoms with E-state index in [0.717, 1.165) is 61.2 Å². The molecule has 5 heteroatoms. The first-order chi connectivity index (χ1) is 28.5. The van der Waals surface area contributed by atoms with Gasteiger partial charge in [-0.2, -0.15) is 0 Å². The molecule has 10 aromatic rings. The van der Waals surface area contributed by atoms with E-state index in [9.17, 15) is 0 Å². The van der Waals surface area contributed by atoms with E-state index in [2.05, 4.69) is 182 Å². The first-order valence-electron chi connectivity index (χ1n) is 19.7. The van der Waals surface area contributed by atoms with Crippen molar-refractivity contribution >= 4 is 21.9 Å². The maximum absolute atomic E-state index is 5.31. The Bertz CT molecular complexity index is 3040. The minimum absolute atomic E-state index is 0.364. The molecule has 3 aromatic heterocycles. The van der Waals surface area contributed by atoms with Crippen molar-refractivity contribution in [1.29, 1.82) is 0 Å². The summed E-state index contributed by atoms with van der Waals surface area (Å²) in [4.78, 5) is 20.7. The van der Waals surface area contributed by atoms with Crippen LogP contribution in [-0.4, -0.2) is 24.5 Å². The van der Waals surface area contributed by atoms with Gasteiger partial charge in [-0.25, -0.2) is 19.9 Å². The van der Waals surface area contributed by atoms with E-state index in [1.54, 1.807) is 0 Å². The molecule has 0 N–H and O–H groups in total. The van der Waals surface area contributed by atoms with Crippen LogP contribution in [0.3, 0.4) is 0 Å². The lowest BCUT2D eigenvalue weighted by Crippen LogP contribution is -2.17. The van der Waals surface area contributed by atoms with Crippen LogP contribution in [0.4, 0.5) is 0 Å². The summed E-state index contributed by atoms with van der Waals surface area (Å²) >= 11 is 0. The summed E-state index contributed by atoms with van der Waals surface area (Å²) in [7, 11) is 0. The van der Waals surface area contributed by atoms with Gasteiger partial charge in [-0.15, -0.1) is 0 Å². The standard InChI is InChI=1S/C53H37N5/c1-53(2)46-33-40(58-47-27-10-9-23-42(47)44-26-14-30-54-52(44)58)28-29-41(46)43-24-13-25-45(48(43)53)51-56-49(38-21-11-19-36(31-38)34-15-5-3-6-16-34)55-50(57-51)39-22-12-20-37(32-39)35-17-7-4-8-18-35/h3-33H,1-2H3. The summed E-state index contributed by atoms with van der Waals surface area (Å²) < 4.78 is 2.29. The van der Waals surface area contributed by atoms with E-state index >= 15 is 0 Å². The Morgan fingerprint density at radius 1 is 0.414 bits per heavy atom. The molecule has 7 aromatic carbocycles. The van der Waals surface area contributed by atoms with E-state index in [4.69, 9.17) is 19.9 Å². The number of benzene rings is 7. The molecule has 1 aliphatic carbocycles. The summed E-state index contributed by atoms with van der Waals surface area (Å²) in [6.45, 7) is 4.65. The molecular weight excluding hydrogens is 707 g/mol. The SMILES string of the molecule is CC1(C)c2cc(-n3c4ccccc4c4cccnc43)ccc2-c2cccc(-c3nc(-c4cccc(-c5ccccc5)c4)nc(-c4cccc(-c5ccccc5)c4)n3)c21. The normalized spacial score (nSPS) is 12.8. The summed E-state index contributed by atoms with van der Waals surface area (Å²) in [5, 5.41) is 2.34. The van der Waals surface area contributed by atoms with Crippen LogP contribution in [0, 0.1) is 0 Å². The quantitative estimate of drug-likeness (QED) is 0.170. The molecule has 1 aliphatic rings. The van der Waals surface area contributed by atoms with Gasteiger partial charge in [0.05, 0.1) is 5.52 Å². The van der Waals surface area contributed by atoms with Gasteiger partial charge in [0.1, 0.15) is 5.65 Å². The fourth-order valence-electron chi connectivity index (χ4n) is 8.94. The Morgan fingerprint density at radius 3 is 1.66 bits per heavy atom. The summed E-state index contributed by atoms with van der Waals surface area (Å²) in [5.41, 5.74) is 15.1. The smallest absolute Gasteiger partial charge is 0.164 e. The van der Waals surface area contributed by atoms with Gasteiger partial charge in [-0.05, 0) is 87.0 Å². The molecule has 0 fully saturated rings. The maximum Gasteiger partial charge on any atom is 0.164 e. The van der Waals surface area contributed by atoms with Crippen LogP contribution in [0.5, 0.6) is 0 Å². The fraction of sp³-hybridized carbons (Fsp3) is 0.0566. The van der Waals surface area contributed by atoms with Gasteiger partial charge >= 0.3 is 0 Å². The lowest BCUT2D eigenvalue weighted by atomic mass is 9.80. The highest BCUT2D eigenvalue weighted by molar-refractivity contribution is 6.08. The predicted molar refractivity (Wildman–Crippen MR) is 237 cm³/mol. The largest absolute Gasteiger partial charge is 0.294 e. The van der Waals surface area contributed by atoms with Crippen molar-refractivity contribution < 1.29 is 0 Å². The third-order valence-electron chi connectivity index (χ3n) is 11.7. The van der Waals surface area contributed by atoms with Crippen molar-refractivity contribution in [2.45, 2.75) is 19.3 Å². The molecule has 0 bridgehead atoms. The second kappa shape index (κ2) is 13.3. The Balaban J connectivity index is 1.08. The molecule has 274 valence electrons. The Morgan fingerprint density at radius 2 is 0.966 bits per heavy atom. The van der Waals surface area contributed by atoms with Gasteiger partial charge < -0.3 is 0 Å². The van der Waals surface area contributed by atoms with Crippen molar-refractivity contribution in [2.24, 2.45) is 0 Å². The number of nitrogens with zero attached hydrogens (tertiary/aromatic N) is 5. The molecule has 0 spiro atoms. The fourth-order valence-corrected chi connectivity index (χ4v) is 8.94. The lowest BCUT2D eigenvalue weighted by Gasteiger charge is -2.24. The monoisotopic (exact) mass is 743 g/mol. The second-order valence-corrected chi connectivity index (χ2v) is 15.5. The molecule has 0 atom stereocenters. The molecule has 58 heavy (non-hydrogen) atoms. The zero-order valence-corrected chi connectivity index (χ0v) is 32.1. The highest BCUT2D eigenvalue weighted by Crippen LogP contribution is 2.52. The number of hydrogen-bond donors (Lipinski definition) is 0. The number of para-hydroxylation sites is 1. The number of fused-ring (bicyclic) bond motifs is 6. The highest BCUT2D eigenvalue weighted by atomic mass is 15.0. The molecule has 3 heterocycles. The van der Waals surface area contributed by atoms with Gasteiger partial charge in [-0.3, -0.25) is 4.57 Å². The van der Waals surface area contributed by atoms with E-state index in [1.807, 2.05) is 24.4 Å². The number of pyridine rings is 1. The van der Waals surface area contributed by atoms with Gasteiger partial charge in [-0.1, -0.05) is 153 Å². The van der Waals surface area contributed by atoms with Crippen LogP contribution in [0.1, 0.15) is 25.0 Å². The molecular formula is C53H37N5. The zero-order valence-electron chi connectivity index (χ0n) is 32.1. The number of aromatic nitrogens is 5. The average Bonchev–Trinajstić information content (AvgIpc) is 3.75. The zero-order chi connectivity index (χ0) is 38.8. The minimum Gasteiger partial charge on any atom is -0.294 e. The Hall–Kier alpha value is -7.50. The highest BCUT2D eigenvalue weighted by Gasteiger charge is 2.39. The van der Waals surface area contributed by atoms with Crippen LogP contribution in [0.15, 0.2) is 188 Å². The van der Waals surface area contributed by atoms with Crippen LogP contribution >= 0.6 is 0 Å². The molecule has 0 amide bonds. The average molecular weight is 744 g/mol. The van der Waals surface area contributed by atoms with E-state index in [1.165, 1.54) is 27.6 Å². The second-order valence-electron chi connectivity index (χ2n) is 15.5. The number of rotatable bonds is 6. The molecule has 5 nitrogen and oxygen atoms in total. The van der Waals surface area contributed by atoms with Crippen LogP contribution in [-0.2, 0) is 5.41 Å². The van der Waals surface area contributed by atoms with Crippen molar-refractivity contribution in [1.82, 2.24) is 24.5 Å². The van der Waals surface area contributed by atoms with Crippen LogP contribution in [0.25, 0.3) is 95.2 Å². The van der Waals surface area contributed by atoms with Crippen LogP contribution in [0.2, 0.25) is 0 Å². The lowest BCUT2D eigenvalue weighted by molar-refractivity contribution is 0.660. The third kappa shape index (κ3) is 5.47. The molecule has 11 rings (SSSR count). The Labute approximate surface area is 337 Å². The van der Waals surface area contributed by atoms with Crippen molar-refractivity contribution in [3.63, 3.8) is 0 Å². The van der Waals surface area contributed by atoms with Crippen molar-refractivity contribution in [3.05, 3.63) is 199 Å². The maximum atomic E-state index is 5.31.